The number of nitrogens with zero attached hydrogens (tertiary/aromatic N) is 1. The molecule has 0 bridgehead atoms. The number of imide groups is 1. The minimum Gasteiger partial charge on any atom is -0.494 e. The lowest BCUT2D eigenvalue weighted by molar-refractivity contribution is -0.121. The highest BCUT2D eigenvalue weighted by atomic mass is 35.5. The van der Waals surface area contributed by atoms with Crippen molar-refractivity contribution >= 4 is 29.1 Å². The highest BCUT2D eigenvalue weighted by Gasteiger charge is 2.38. The molecule has 2 rings (SSSR count). The summed E-state index contributed by atoms with van der Waals surface area (Å²) in [5.41, 5.74) is 0.543. The number of halogens is 1. The molecule has 0 saturated carbocycles. The van der Waals surface area contributed by atoms with Crippen molar-refractivity contribution < 1.29 is 14.3 Å². The molecule has 1 aliphatic rings. The summed E-state index contributed by atoms with van der Waals surface area (Å²) in [7, 11) is 0. The Kier molecular flexibility index (Phi) is 4.43. The molecule has 0 N–H and O–H groups in total. The van der Waals surface area contributed by atoms with E-state index < -0.39 is 5.38 Å². The maximum absolute atomic E-state index is 11.8. The highest BCUT2D eigenvalue weighted by Crippen LogP contribution is 2.27. The summed E-state index contributed by atoms with van der Waals surface area (Å²) in [5, 5.41) is -0.743. The van der Waals surface area contributed by atoms with Crippen molar-refractivity contribution in [3.8, 4) is 5.75 Å². The first-order chi connectivity index (χ1) is 9.13. The van der Waals surface area contributed by atoms with E-state index in [1.807, 2.05) is 0 Å². The van der Waals surface area contributed by atoms with Crippen LogP contribution in [0.2, 0.25) is 0 Å². The van der Waals surface area contributed by atoms with Gasteiger partial charge in [-0.25, -0.2) is 4.90 Å². The number of carbonyl (C=O) groups is 2. The predicted molar refractivity (Wildman–Crippen MR) is 73.6 cm³/mol. The SMILES string of the molecule is CCCCOc1ccc(N2C(=O)C[C@H](Cl)C2=O)cc1. The molecule has 1 fully saturated rings. The van der Waals surface area contributed by atoms with E-state index in [1.54, 1.807) is 24.3 Å². The quantitative estimate of drug-likeness (QED) is 0.474. The van der Waals surface area contributed by atoms with Crippen LogP contribution in [0.15, 0.2) is 24.3 Å². The number of ether oxygens (including phenoxy) is 1. The van der Waals surface area contributed by atoms with Gasteiger partial charge in [0.25, 0.3) is 5.91 Å². The van der Waals surface area contributed by atoms with Crippen LogP contribution in [0.4, 0.5) is 5.69 Å². The molecule has 2 amide bonds. The van der Waals surface area contributed by atoms with Crippen molar-refractivity contribution in [2.45, 2.75) is 31.6 Å². The molecular weight excluding hydrogens is 266 g/mol. The zero-order valence-electron chi connectivity index (χ0n) is 10.8. The minimum atomic E-state index is -0.743. The Morgan fingerprint density at radius 1 is 1.32 bits per heavy atom. The molecule has 19 heavy (non-hydrogen) atoms. The fourth-order valence-electron chi connectivity index (χ4n) is 1.89. The van der Waals surface area contributed by atoms with Gasteiger partial charge in [-0.05, 0) is 30.7 Å². The molecule has 0 aromatic heterocycles. The van der Waals surface area contributed by atoms with E-state index in [0.29, 0.717) is 12.3 Å². The summed E-state index contributed by atoms with van der Waals surface area (Å²) in [6.07, 6.45) is 2.14. The van der Waals surface area contributed by atoms with Crippen LogP contribution in [0.5, 0.6) is 5.75 Å². The predicted octanol–water partition coefficient (Wildman–Crippen LogP) is 2.74. The van der Waals surface area contributed by atoms with E-state index >= 15 is 0 Å². The zero-order chi connectivity index (χ0) is 13.8. The van der Waals surface area contributed by atoms with Crippen LogP contribution >= 0.6 is 11.6 Å². The molecule has 1 saturated heterocycles. The number of unbranched alkanes of at least 4 members (excludes halogenated alkanes) is 1. The summed E-state index contributed by atoms with van der Waals surface area (Å²) in [6, 6.07) is 6.91. The summed E-state index contributed by atoms with van der Waals surface area (Å²) >= 11 is 5.78. The Labute approximate surface area is 117 Å². The molecule has 0 unspecified atom stereocenters. The van der Waals surface area contributed by atoms with Gasteiger partial charge in [-0.1, -0.05) is 13.3 Å². The molecule has 0 radical (unpaired) electrons. The lowest BCUT2D eigenvalue weighted by Gasteiger charge is -2.14. The molecule has 1 atom stereocenters. The van der Waals surface area contributed by atoms with Crippen LogP contribution in [0.25, 0.3) is 0 Å². The number of rotatable bonds is 5. The molecular formula is C14H16ClNO3. The number of carbonyl (C=O) groups excluding carboxylic acids is 2. The van der Waals surface area contributed by atoms with E-state index in [-0.39, 0.29) is 18.2 Å². The highest BCUT2D eigenvalue weighted by molar-refractivity contribution is 6.40. The maximum atomic E-state index is 11.8. The lowest BCUT2D eigenvalue weighted by atomic mass is 10.2. The summed E-state index contributed by atoms with van der Waals surface area (Å²) < 4.78 is 5.52. The van der Waals surface area contributed by atoms with E-state index in [1.165, 1.54) is 0 Å². The third-order valence-corrected chi connectivity index (χ3v) is 3.29. The average molecular weight is 282 g/mol. The molecule has 4 nitrogen and oxygen atoms in total. The lowest BCUT2D eigenvalue weighted by Crippen LogP contribution is -2.30. The van der Waals surface area contributed by atoms with E-state index in [0.717, 1.165) is 23.5 Å². The Balaban J connectivity index is 2.06. The van der Waals surface area contributed by atoms with Gasteiger partial charge in [0, 0.05) is 0 Å². The van der Waals surface area contributed by atoms with Crippen molar-refractivity contribution in [1.29, 1.82) is 0 Å². The average Bonchev–Trinajstić information content (AvgIpc) is 2.65. The van der Waals surface area contributed by atoms with E-state index in [4.69, 9.17) is 16.3 Å². The Morgan fingerprint density at radius 2 is 2.00 bits per heavy atom. The first-order valence-electron chi connectivity index (χ1n) is 6.37. The molecule has 1 aromatic rings. The third kappa shape index (κ3) is 3.07. The smallest absolute Gasteiger partial charge is 0.252 e. The van der Waals surface area contributed by atoms with Gasteiger partial charge in [-0.3, -0.25) is 9.59 Å². The number of benzene rings is 1. The second-order valence-electron chi connectivity index (χ2n) is 4.43. The summed E-state index contributed by atoms with van der Waals surface area (Å²) in [5.74, 6) is 0.120. The van der Waals surface area contributed by atoms with Crippen LogP contribution in [-0.2, 0) is 9.59 Å². The number of amides is 2. The minimum absolute atomic E-state index is 0.0646. The van der Waals surface area contributed by atoms with Crippen molar-refractivity contribution in [3.63, 3.8) is 0 Å². The fourth-order valence-corrected chi connectivity index (χ4v) is 2.12. The molecule has 1 aromatic carbocycles. The third-order valence-electron chi connectivity index (χ3n) is 2.95. The molecule has 1 aliphatic heterocycles. The number of alkyl halides is 1. The Bertz CT molecular complexity index is 472. The zero-order valence-corrected chi connectivity index (χ0v) is 11.5. The van der Waals surface area contributed by atoms with Crippen LogP contribution in [0, 0.1) is 0 Å². The number of hydrogen-bond donors (Lipinski definition) is 0. The van der Waals surface area contributed by atoms with E-state index in [9.17, 15) is 9.59 Å². The molecule has 0 spiro atoms. The fraction of sp³-hybridized carbons (Fsp3) is 0.429. The van der Waals surface area contributed by atoms with Gasteiger partial charge in [0.05, 0.1) is 18.7 Å². The van der Waals surface area contributed by atoms with Gasteiger partial charge < -0.3 is 4.74 Å². The van der Waals surface area contributed by atoms with Crippen molar-refractivity contribution in [2.24, 2.45) is 0 Å². The first-order valence-corrected chi connectivity index (χ1v) is 6.81. The van der Waals surface area contributed by atoms with Crippen molar-refractivity contribution in [2.75, 3.05) is 11.5 Å². The first kappa shape index (κ1) is 13.9. The monoisotopic (exact) mass is 281 g/mol. The van der Waals surface area contributed by atoms with Crippen molar-refractivity contribution in [1.82, 2.24) is 0 Å². The number of hydrogen-bond acceptors (Lipinski definition) is 3. The van der Waals surface area contributed by atoms with Gasteiger partial charge in [0.15, 0.2) is 0 Å². The van der Waals surface area contributed by atoms with Gasteiger partial charge in [-0.15, -0.1) is 11.6 Å². The summed E-state index contributed by atoms with van der Waals surface area (Å²) in [4.78, 5) is 24.6. The van der Waals surface area contributed by atoms with Gasteiger partial charge in [0.1, 0.15) is 11.1 Å². The normalized spacial score (nSPS) is 19.1. The molecule has 102 valence electrons. The van der Waals surface area contributed by atoms with Gasteiger partial charge in [0.2, 0.25) is 5.91 Å². The largest absolute Gasteiger partial charge is 0.494 e. The van der Waals surface area contributed by atoms with Crippen molar-refractivity contribution in [3.05, 3.63) is 24.3 Å². The summed E-state index contributed by atoms with van der Waals surface area (Å²) in [6.45, 7) is 2.76. The second kappa shape index (κ2) is 6.06. The Morgan fingerprint density at radius 3 is 2.53 bits per heavy atom. The van der Waals surface area contributed by atoms with Crippen LogP contribution < -0.4 is 9.64 Å². The van der Waals surface area contributed by atoms with E-state index in [2.05, 4.69) is 6.92 Å². The van der Waals surface area contributed by atoms with Gasteiger partial charge >= 0.3 is 0 Å². The molecule has 0 aliphatic carbocycles. The van der Waals surface area contributed by atoms with Crippen LogP contribution in [0.3, 0.4) is 0 Å². The Hall–Kier alpha value is -1.55. The standard InChI is InChI=1S/C14H16ClNO3/c1-2-3-8-19-11-6-4-10(5-7-11)16-13(17)9-12(15)14(16)18/h4-7,12H,2-3,8-9H2,1H3/t12-/m0/s1. The molecule has 5 heteroatoms. The van der Waals surface area contributed by atoms with Crippen LogP contribution in [-0.4, -0.2) is 23.8 Å². The number of anilines is 1. The van der Waals surface area contributed by atoms with Gasteiger partial charge in [-0.2, -0.15) is 0 Å². The topological polar surface area (TPSA) is 46.6 Å². The van der Waals surface area contributed by atoms with Crippen LogP contribution in [0.1, 0.15) is 26.2 Å². The maximum Gasteiger partial charge on any atom is 0.252 e. The molecule has 1 heterocycles. The second-order valence-corrected chi connectivity index (χ2v) is 4.96.